The lowest BCUT2D eigenvalue weighted by Crippen LogP contribution is -2.18. The van der Waals surface area contributed by atoms with E-state index in [1.807, 2.05) is 0 Å². The zero-order chi connectivity index (χ0) is 29.9. The first-order valence-corrected chi connectivity index (χ1v) is 9.31. The van der Waals surface area contributed by atoms with Gasteiger partial charge in [-0.2, -0.15) is 35.1 Å². The Bertz CT molecular complexity index is 1440. The average molecular weight is 590 g/mol. The molecule has 0 saturated carbocycles. The predicted octanol–water partition coefficient (Wildman–Crippen LogP) is 7.73. The molecular weight excluding hydrogens is 585 g/mol. The molecule has 0 amide bonds. The molecule has 0 atom stereocenters. The van der Waals surface area contributed by atoms with Gasteiger partial charge < -0.3 is 20.9 Å². The smallest absolute Gasteiger partial charge is 0.423 e. The lowest BCUT2D eigenvalue weighted by Gasteiger charge is -2.23. The van der Waals surface area contributed by atoms with Gasteiger partial charge in [-0.25, -0.2) is 30.7 Å². The minimum atomic E-state index is -6.35. The molecule has 0 spiro atoms. The van der Waals surface area contributed by atoms with Gasteiger partial charge in [0.25, 0.3) is 0 Å². The largest absolute Gasteiger partial charge is 0.450 e. The first-order chi connectivity index (χ1) is 17.7. The van der Waals surface area contributed by atoms with Gasteiger partial charge in [0.2, 0.25) is 34.8 Å². The van der Waals surface area contributed by atoms with Crippen molar-refractivity contribution in [2.75, 3.05) is 11.5 Å². The Morgan fingerprint density at radius 2 is 0.846 bits per heavy atom. The van der Waals surface area contributed by atoms with Gasteiger partial charge in [-0.3, -0.25) is 0 Å². The topological polar surface area (TPSA) is 70.5 Å². The highest BCUT2D eigenvalue weighted by Crippen LogP contribution is 2.53. The van der Waals surface area contributed by atoms with Crippen molar-refractivity contribution in [2.45, 2.75) is 12.4 Å². The van der Waals surface area contributed by atoms with Crippen molar-refractivity contribution in [1.29, 1.82) is 0 Å². The fraction of sp³-hybridized carbons (Fsp3) is 0.100. The summed E-state index contributed by atoms with van der Waals surface area (Å²) in [6, 6.07) is -0.891. The van der Waals surface area contributed by atoms with Gasteiger partial charge >= 0.3 is 12.4 Å². The van der Waals surface area contributed by atoms with Crippen molar-refractivity contribution in [3.63, 3.8) is 0 Å². The molecule has 3 aromatic carbocycles. The summed E-state index contributed by atoms with van der Waals surface area (Å²) in [5.74, 6) is -34.1. The molecule has 3 rings (SSSR count). The highest BCUT2D eigenvalue weighted by atomic mass is 19.4. The van der Waals surface area contributed by atoms with Crippen LogP contribution in [0.3, 0.4) is 0 Å². The molecule has 0 aliphatic rings. The number of rotatable bonds is 4. The van der Waals surface area contributed by atoms with Crippen LogP contribution in [0.4, 0.5) is 77.2 Å². The lowest BCUT2D eigenvalue weighted by atomic mass is 10.0. The van der Waals surface area contributed by atoms with Gasteiger partial charge in [0.15, 0.2) is 40.6 Å². The number of hydrogen-bond acceptors (Lipinski definition) is 4. The van der Waals surface area contributed by atoms with E-state index in [2.05, 4.69) is 9.47 Å². The van der Waals surface area contributed by atoms with Crippen LogP contribution in [0.1, 0.15) is 11.1 Å². The zero-order valence-electron chi connectivity index (χ0n) is 17.7. The van der Waals surface area contributed by atoms with Crippen LogP contribution in [0.15, 0.2) is 6.07 Å². The second-order valence-electron chi connectivity index (χ2n) is 7.14. The molecule has 0 aliphatic heterocycles. The molecule has 212 valence electrons. The molecule has 4 N–H and O–H groups in total. The Morgan fingerprint density at radius 1 is 0.462 bits per heavy atom. The highest BCUT2D eigenvalue weighted by Gasteiger charge is 2.48. The molecule has 19 heteroatoms. The Morgan fingerprint density at radius 3 is 1.21 bits per heavy atom. The van der Waals surface area contributed by atoms with Crippen molar-refractivity contribution in [1.82, 2.24) is 0 Å². The molecule has 0 saturated heterocycles. The lowest BCUT2D eigenvalue weighted by molar-refractivity contribution is -0.146. The molecule has 0 heterocycles. The van der Waals surface area contributed by atoms with Gasteiger partial charge in [0.1, 0.15) is 22.5 Å². The van der Waals surface area contributed by atoms with E-state index >= 15 is 0 Å². The fourth-order valence-electron chi connectivity index (χ4n) is 2.93. The monoisotopic (exact) mass is 590 g/mol. The predicted molar refractivity (Wildman–Crippen MR) is 97.9 cm³/mol. The number of ether oxygens (including phenoxy) is 2. The van der Waals surface area contributed by atoms with Crippen molar-refractivity contribution < 1.29 is 75.3 Å². The fourth-order valence-corrected chi connectivity index (χ4v) is 2.93. The average Bonchev–Trinajstić information content (AvgIpc) is 2.83. The minimum absolute atomic E-state index is 0.891. The Labute approximate surface area is 204 Å². The molecule has 0 radical (unpaired) electrons. The maximum atomic E-state index is 14.6. The van der Waals surface area contributed by atoms with Crippen molar-refractivity contribution >= 4 is 11.4 Å². The van der Waals surface area contributed by atoms with Crippen LogP contribution in [0.5, 0.6) is 23.0 Å². The summed E-state index contributed by atoms with van der Waals surface area (Å²) in [5.41, 5.74) is -0.364. The number of benzene rings is 3. The van der Waals surface area contributed by atoms with Gasteiger partial charge in [0.05, 0.1) is 0 Å². The first-order valence-electron chi connectivity index (χ1n) is 9.31. The maximum Gasteiger partial charge on any atom is 0.423 e. The number of hydrogen-bond donors (Lipinski definition) is 2. The summed E-state index contributed by atoms with van der Waals surface area (Å²) in [7, 11) is 0. The summed E-state index contributed by atoms with van der Waals surface area (Å²) < 4.78 is 216. The van der Waals surface area contributed by atoms with Crippen LogP contribution >= 0.6 is 0 Å². The number of alkyl halides is 6. The molecule has 4 nitrogen and oxygen atoms in total. The molecule has 0 fully saturated rings. The van der Waals surface area contributed by atoms with Crippen LogP contribution in [-0.4, -0.2) is 0 Å². The van der Waals surface area contributed by atoms with Crippen LogP contribution in [0.2, 0.25) is 0 Å². The quantitative estimate of drug-likeness (QED) is 0.141. The number of nitrogen functional groups attached to an aromatic ring is 2. The van der Waals surface area contributed by atoms with E-state index in [-0.39, 0.29) is 0 Å². The van der Waals surface area contributed by atoms with Crippen LogP contribution in [-0.2, 0) is 12.4 Å². The van der Waals surface area contributed by atoms with Crippen LogP contribution in [0.25, 0.3) is 0 Å². The molecule has 0 aromatic heterocycles. The van der Waals surface area contributed by atoms with E-state index in [0.717, 1.165) is 0 Å². The SMILES string of the molecule is Nc1c(F)c(F)c(F)c(Oc2c(F)cc(C(F)(F)F)c(Oc3c(F)c(N)c(F)c(F)c3F)c2C(F)(F)F)c1F. The van der Waals surface area contributed by atoms with Crippen LogP contribution in [0, 0.1) is 52.4 Å². The molecule has 39 heavy (non-hydrogen) atoms. The van der Waals surface area contributed by atoms with Gasteiger partial charge in [-0.1, -0.05) is 0 Å². The number of halogens is 15. The number of anilines is 2. The maximum absolute atomic E-state index is 14.6. The zero-order valence-corrected chi connectivity index (χ0v) is 17.7. The van der Waals surface area contributed by atoms with E-state index in [0.29, 0.717) is 0 Å². The highest BCUT2D eigenvalue weighted by molar-refractivity contribution is 5.59. The number of nitrogens with two attached hydrogens (primary N) is 2. The summed E-state index contributed by atoms with van der Waals surface area (Å²) >= 11 is 0. The normalized spacial score (nSPS) is 12.2. The third kappa shape index (κ3) is 4.87. The van der Waals surface area contributed by atoms with Crippen molar-refractivity contribution in [3.8, 4) is 23.0 Å². The van der Waals surface area contributed by atoms with Crippen molar-refractivity contribution in [3.05, 3.63) is 69.5 Å². The van der Waals surface area contributed by atoms with E-state index in [4.69, 9.17) is 11.5 Å². The van der Waals surface area contributed by atoms with E-state index < -0.39 is 116 Å². The third-order valence-electron chi connectivity index (χ3n) is 4.70. The standard InChI is InChI=1S/C20H5F15N2O2/c21-3-1-2(19(30,31)32)15(38-17-9(26)5(22)7(24)13(36)11(17)28)4(20(33,34)35)16(3)39-18-10(27)6(23)8(25)14(37)12(18)29/h1H,36-37H2. The Balaban J connectivity index is 2.46. The van der Waals surface area contributed by atoms with Gasteiger partial charge in [-0.15, -0.1) is 0 Å². The second kappa shape index (κ2) is 9.53. The van der Waals surface area contributed by atoms with Crippen molar-refractivity contribution in [2.24, 2.45) is 0 Å². The molecule has 0 unspecified atom stereocenters. The molecule has 3 aromatic rings. The van der Waals surface area contributed by atoms with Crippen LogP contribution < -0.4 is 20.9 Å². The summed E-state index contributed by atoms with van der Waals surface area (Å²) in [5, 5.41) is 0. The Kier molecular flexibility index (Phi) is 7.17. The van der Waals surface area contributed by atoms with Gasteiger partial charge in [0, 0.05) is 0 Å². The van der Waals surface area contributed by atoms with E-state index in [9.17, 15) is 65.9 Å². The Hall–Kier alpha value is -4.19. The second-order valence-corrected chi connectivity index (χ2v) is 7.14. The molecule has 0 bridgehead atoms. The first kappa shape index (κ1) is 29.4. The minimum Gasteiger partial charge on any atom is -0.450 e. The summed E-state index contributed by atoms with van der Waals surface area (Å²) in [4.78, 5) is 0. The molecule has 0 aliphatic carbocycles. The van der Waals surface area contributed by atoms with E-state index in [1.54, 1.807) is 0 Å². The summed E-state index contributed by atoms with van der Waals surface area (Å²) in [6.45, 7) is 0. The van der Waals surface area contributed by atoms with E-state index in [1.165, 1.54) is 0 Å². The summed E-state index contributed by atoms with van der Waals surface area (Å²) in [6.07, 6.45) is -12.4. The molecular formula is C20H5F15N2O2. The van der Waals surface area contributed by atoms with Gasteiger partial charge in [-0.05, 0) is 6.07 Å². The third-order valence-corrected chi connectivity index (χ3v) is 4.70.